The van der Waals surface area contributed by atoms with Gasteiger partial charge in [-0.2, -0.15) is 0 Å². The zero-order chi connectivity index (χ0) is 6.81. The van der Waals surface area contributed by atoms with Crippen LogP contribution in [0, 0.1) is 0 Å². The summed E-state index contributed by atoms with van der Waals surface area (Å²) >= 11 is 0. The van der Waals surface area contributed by atoms with Crippen LogP contribution in [0.5, 0.6) is 5.75 Å². The Morgan fingerprint density at radius 3 is 2.91 bits per heavy atom. The summed E-state index contributed by atoms with van der Waals surface area (Å²) in [5.41, 5.74) is 1.24. The lowest BCUT2D eigenvalue weighted by Crippen LogP contribution is -2.24. The lowest BCUT2D eigenvalue weighted by Gasteiger charge is -2.17. The quantitative estimate of drug-likeness (QED) is 0.640. The van der Waals surface area contributed by atoms with Crippen molar-refractivity contribution in [2.75, 3.05) is 6.73 Å². The van der Waals surface area contributed by atoms with E-state index in [1.54, 1.807) is 0 Å². The molecule has 11 heavy (non-hydrogen) atoms. The van der Waals surface area contributed by atoms with Gasteiger partial charge in [-0.05, 0) is 6.07 Å². The number of hydrogen-bond acceptors (Lipinski definition) is 2. The molecule has 1 N–H and O–H groups in total. The molecule has 0 unspecified atom stereocenters. The maximum absolute atomic E-state index is 5.31. The fourth-order valence-corrected chi connectivity index (χ4v) is 1.11. The second-order valence-electron chi connectivity index (χ2n) is 2.32. The highest BCUT2D eigenvalue weighted by Crippen LogP contribution is 2.19. The van der Waals surface area contributed by atoms with Gasteiger partial charge in [0.25, 0.3) is 0 Å². The predicted molar refractivity (Wildman–Crippen MR) is 46.0 cm³/mol. The number of rotatable bonds is 0. The summed E-state index contributed by atoms with van der Waals surface area (Å²) in [4.78, 5) is 0. The lowest BCUT2D eigenvalue weighted by molar-refractivity contribution is 0.257. The van der Waals surface area contributed by atoms with Crippen LogP contribution in [0.15, 0.2) is 24.3 Å². The van der Waals surface area contributed by atoms with Crippen LogP contribution < -0.4 is 10.1 Å². The van der Waals surface area contributed by atoms with Gasteiger partial charge in [0.05, 0.1) is 0 Å². The molecule has 0 aromatic heterocycles. The van der Waals surface area contributed by atoms with Gasteiger partial charge < -0.3 is 4.74 Å². The first-order chi connectivity index (χ1) is 4.97. The van der Waals surface area contributed by atoms with Crippen LogP contribution in [0.25, 0.3) is 0 Å². The van der Waals surface area contributed by atoms with Crippen LogP contribution in [0.2, 0.25) is 0 Å². The van der Waals surface area contributed by atoms with E-state index in [1.807, 2.05) is 18.2 Å². The number of para-hydroxylation sites is 1. The van der Waals surface area contributed by atoms with E-state index in [1.165, 1.54) is 5.56 Å². The summed E-state index contributed by atoms with van der Waals surface area (Å²) in [7, 11) is 0. The minimum absolute atomic E-state index is 0. The number of benzene rings is 1. The number of hydrogen-bond donors (Lipinski definition) is 1. The van der Waals surface area contributed by atoms with Gasteiger partial charge in [0.1, 0.15) is 12.5 Å². The van der Waals surface area contributed by atoms with E-state index in [4.69, 9.17) is 4.74 Å². The van der Waals surface area contributed by atoms with Crippen LogP contribution in [0.4, 0.5) is 0 Å². The van der Waals surface area contributed by atoms with Gasteiger partial charge in [0.15, 0.2) is 0 Å². The first kappa shape index (κ1) is 8.37. The molecular weight excluding hydrogens is 162 g/mol. The average Bonchev–Trinajstić information content (AvgIpc) is 2.05. The minimum Gasteiger partial charge on any atom is -0.478 e. The third-order valence-electron chi connectivity index (χ3n) is 1.62. The van der Waals surface area contributed by atoms with Gasteiger partial charge in [-0.3, -0.25) is 5.32 Å². The molecule has 60 valence electrons. The molecule has 0 amide bonds. The Bertz CT molecular complexity index is 214. The zero-order valence-corrected chi connectivity index (χ0v) is 6.86. The highest BCUT2D eigenvalue weighted by Gasteiger charge is 2.05. The zero-order valence-electron chi connectivity index (χ0n) is 6.04. The first-order valence-corrected chi connectivity index (χ1v) is 3.38. The summed E-state index contributed by atoms with van der Waals surface area (Å²) in [5.74, 6) is 1.02. The van der Waals surface area contributed by atoms with Crippen molar-refractivity contribution in [3.05, 3.63) is 29.8 Å². The fraction of sp³-hybridized carbons (Fsp3) is 0.250. The van der Waals surface area contributed by atoms with Crippen molar-refractivity contribution in [2.24, 2.45) is 0 Å². The number of fused-ring (bicyclic) bond motifs is 1. The topological polar surface area (TPSA) is 21.3 Å². The van der Waals surface area contributed by atoms with E-state index in [0.717, 1.165) is 12.3 Å². The molecule has 0 aliphatic carbocycles. The van der Waals surface area contributed by atoms with E-state index >= 15 is 0 Å². The van der Waals surface area contributed by atoms with Gasteiger partial charge in [0, 0.05) is 12.1 Å². The maximum Gasteiger partial charge on any atom is 0.139 e. The molecule has 1 heterocycles. The van der Waals surface area contributed by atoms with Gasteiger partial charge in [-0.25, -0.2) is 0 Å². The molecule has 0 fully saturated rings. The third-order valence-corrected chi connectivity index (χ3v) is 1.62. The van der Waals surface area contributed by atoms with Gasteiger partial charge >= 0.3 is 0 Å². The Kier molecular flexibility index (Phi) is 2.74. The van der Waals surface area contributed by atoms with Crippen molar-refractivity contribution in [1.29, 1.82) is 0 Å². The second kappa shape index (κ2) is 3.60. The lowest BCUT2D eigenvalue weighted by atomic mass is 10.2. The highest BCUT2D eigenvalue weighted by atomic mass is 35.5. The van der Waals surface area contributed by atoms with Crippen molar-refractivity contribution in [1.82, 2.24) is 5.32 Å². The Morgan fingerprint density at radius 1 is 1.27 bits per heavy atom. The van der Waals surface area contributed by atoms with Crippen molar-refractivity contribution < 1.29 is 4.74 Å². The molecule has 0 saturated heterocycles. The highest BCUT2D eigenvalue weighted by molar-refractivity contribution is 5.85. The van der Waals surface area contributed by atoms with E-state index in [0.29, 0.717) is 6.73 Å². The van der Waals surface area contributed by atoms with Crippen molar-refractivity contribution in [2.45, 2.75) is 6.54 Å². The summed E-state index contributed by atoms with van der Waals surface area (Å²) < 4.78 is 5.31. The summed E-state index contributed by atoms with van der Waals surface area (Å²) in [6, 6.07) is 8.08. The molecule has 2 nitrogen and oxygen atoms in total. The van der Waals surface area contributed by atoms with Crippen molar-refractivity contribution in [3.63, 3.8) is 0 Å². The van der Waals surface area contributed by atoms with Crippen LogP contribution in [0.1, 0.15) is 5.56 Å². The molecule has 0 spiro atoms. The van der Waals surface area contributed by atoms with E-state index < -0.39 is 0 Å². The molecule has 3 heteroatoms. The van der Waals surface area contributed by atoms with Gasteiger partial charge in [-0.15, -0.1) is 12.4 Å². The van der Waals surface area contributed by atoms with E-state index in [2.05, 4.69) is 11.4 Å². The van der Waals surface area contributed by atoms with Crippen LogP contribution >= 0.6 is 12.4 Å². The standard InChI is InChI=1S/C8H9NO.ClH/c1-2-4-8-7(3-1)5-9-6-10-8;/h1-4,9H,5-6H2;1H. The predicted octanol–water partition coefficient (Wildman–Crippen LogP) is 1.55. The molecule has 1 aliphatic rings. The average molecular weight is 172 g/mol. The monoisotopic (exact) mass is 171 g/mol. The number of nitrogens with one attached hydrogen (secondary N) is 1. The normalized spacial score (nSPS) is 14.2. The third kappa shape index (κ3) is 1.64. The summed E-state index contributed by atoms with van der Waals surface area (Å²) in [6.07, 6.45) is 0. The van der Waals surface area contributed by atoms with Crippen LogP contribution in [0.3, 0.4) is 0 Å². The largest absolute Gasteiger partial charge is 0.478 e. The molecule has 1 aromatic carbocycles. The number of ether oxygens (including phenoxy) is 1. The Hall–Kier alpha value is -0.730. The van der Waals surface area contributed by atoms with Crippen molar-refractivity contribution >= 4 is 12.4 Å². The molecule has 1 aromatic rings. The maximum atomic E-state index is 5.31. The van der Waals surface area contributed by atoms with Crippen LogP contribution in [-0.4, -0.2) is 6.73 Å². The molecule has 1 aliphatic heterocycles. The van der Waals surface area contributed by atoms with Gasteiger partial charge in [-0.1, -0.05) is 18.2 Å². The van der Waals surface area contributed by atoms with E-state index in [-0.39, 0.29) is 12.4 Å². The summed E-state index contributed by atoms with van der Waals surface area (Å²) in [6.45, 7) is 1.56. The molecular formula is C8H10ClNO. The fourth-order valence-electron chi connectivity index (χ4n) is 1.11. The summed E-state index contributed by atoms with van der Waals surface area (Å²) in [5, 5.41) is 3.12. The Morgan fingerprint density at radius 2 is 2.09 bits per heavy atom. The van der Waals surface area contributed by atoms with Crippen molar-refractivity contribution in [3.8, 4) is 5.75 Å². The van der Waals surface area contributed by atoms with E-state index in [9.17, 15) is 0 Å². The molecule has 2 rings (SSSR count). The molecule has 0 saturated carbocycles. The van der Waals surface area contributed by atoms with Gasteiger partial charge in [0.2, 0.25) is 0 Å². The SMILES string of the molecule is Cl.c1ccc2c(c1)CNCO2. The Balaban J connectivity index is 0.000000605. The smallest absolute Gasteiger partial charge is 0.139 e. The molecule has 0 radical (unpaired) electrons. The second-order valence-corrected chi connectivity index (χ2v) is 2.32. The first-order valence-electron chi connectivity index (χ1n) is 3.38. The molecule has 0 atom stereocenters. The Labute approximate surface area is 72.0 Å². The molecule has 0 bridgehead atoms. The number of halogens is 1. The van der Waals surface area contributed by atoms with Crippen LogP contribution in [-0.2, 0) is 6.54 Å². The minimum atomic E-state index is 0.